The molecule has 0 radical (unpaired) electrons. The van der Waals surface area contributed by atoms with Gasteiger partial charge in [0.15, 0.2) is 0 Å². The molecule has 2 saturated heterocycles. The molecule has 0 saturated carbocycles. The highest BCUT2D eigenvalue weighted by Gasteiger charge is 2.41. The van der Waals surface area contributed by atoms with Crippen molar-refractivity contribution in [1.29, 1.82) is 0 Å². The highest BCUT2D eigenvalue weighted by atomic mass is 16.5. The number of carboxylic acids is 1. The summed E-state index contributed by atoms with van der Waals surface area (Å²) >= 11 is 0. The number of carbonyl (C=O) groups excluding carboxylic acids is 1. The molecule has 2 rings (SSSR count). The quantitative estimate of drug-likeness (QED) is 0.817. The van der Waals surface area contributed by atoms with E-state index in [2.05, 4.69) is 0 Å². The van der Waals surface area contributed by atoms with E-state index in [-0.39, 0.29) is 12.0 Å². The third-order valence-electron chi connectivity index (χ3n) is 4.96. The first-order valence-electron chi connectivity index (χ1n) is 8.20. The van der Waals surface area contributed by atoms with Crippen LogP contribution in [0.25, 0.3) is 0 Å². The van der Waals surface area contributed by atoms with Crippen LogP contribution in [0.3, 0.4) is 0 Å². The molecule has 1 atom stereocenters. The van der Waals surface area contributed by atoms with Gasteiger partial charge in [-0.3, -0.25) is 9.59 Å². The van der Waals surface area contributed by atoms with Gasteiger partial charge < -0.3 is 14.7 Å². The van der Waals surface area contributed by atoms with Crippen LogP contribution in [0.4, 0.5) is 0 Å². The Labute approximate surface area is 126 Å². The minimum Gasteiger partial charge on any atom is -0.481 e. The van der Waals surface area contributed by atoms with Gasteiger partial charge in [-0.05, 0) is 38.5 Å². The molecule has 1 unspecified atom stereocenters. The summed E-state index contributed by atoms with van der Waals surface area (Å²) in [5.74, 6) is -0.545. The average Bonchev–Trinajstić information content (AvgIpc) is 2.99. The topological polar surface area (TPSA) is 66.8 Å². The number of ether oxygens (including phenoxy) is 1. The van der Waals surface area contributed by atoms with E-state index in [9.17, 15) is 14.7 Å². The summed E-state index contributed by atoms with van der Waals surface area (Å²) in [7, 11) is 0. The van der Waals surface area contributed by atoms with Crippen molar-refractivity contribution in [2.24, 2.45) is 5.41 Å². The maximum absolute atomic E-state index is 12.2. The highest BCUT2D eigenvalue weighted by Crippen LogP contribution is 2.36. The molecule has 120 valence electrons. The molecule has 0 aromatic heterocycles. The predicted octanol–water partition coefficient (Wildman–Crippen LogP) is 2.44. The number of likely N-dealkylation sites (tertiary alicyclic amines) is 1. The van der Waals surface area contributed by atoms with Gasteiger partial charge in [0.1, 0.15) is 0 Å². The van der Waals surface area contributed by atoms with Gasteiger partial charge in [0.25, 0.3) is 0 Å². The number of hydrogen-bond donors (Lipinski definition) is 1. The van der Waals surface area contributed by atoms with Gasteiger partial charge in [-0.1, -0.05) is 13.3 Å². The van der Waals surface area contributed by atoms with Crippen molar-refractivity contribution in [3.63, 3.8) is 0 Å². The summed E-state index contributed by atoms with van der Waals surface area (Å²) < 4.78 is 5.54. The van der Waals surface area contributed by atoms with Gasteiger partial charge in [-0.15, -0.1) is 0 Å². The Balaban J connectivity index is 1.79. The largest absolute Gasteiger partial charge is 0.481 e. The van der Waals surface area contributed by atoms with Crippen LogP contribution in [0.5, 0.6) is 0 Å². The zero-order valence-corrected chi connectivity index (χ0v) is 13.0. The number of aliphatic carboxylic acids is 1. The van der Waals surface area contributed by atoms with Crippen LogP contribution in [0.2, 0.25) is 0 Å². The van der Waals surface area contributed by atoms with Gasteiger partial charge in [0.2, 0.25) is 5.91 Å². The van der Waals surface area contributed by atoms with E-state index >= 15 is 0 Å². The molecule has 0 spiro atoms. The smallest absolute Gasteiger partial charge is 0.309 e. The average molecular weight is 297 g/mol. The molecule has 21 heavy (non-hydrogen) atoms. The maximum atomic E-state index is 12.2. The lowest BCUT2D eigenvalue weighted by Gasteiger charge is -2.39. The lowest BCUT2D eigenvalue weighted by atomic mass is 9.75. The van der Waals surface area contributed by atoms with Crippen LogP contribution in [-0.2, 0) is 14.3 Å². The zero-order chi connectivity index (χ0) is 15.3. The Kier molecular flexibility index (Phi) is 5.62. The molecular weight excluding hydrogens is 270 g/mol. The van der Waals surface area contributed by atoms with E-state index in [0.29, 0.717) is 38.8 Å². The second-order valence-corrected chi connectivity index (χ2v) is 6.39. The molecule has 5 heteroatoms. The first-order chi connectivity index (χ1) is 10.1. The number of amides is 1. The fourth-order valence-electron chi connectivity index (χ4n) is 3.55. The van der Waals surface area contributed by atoms with Gasteiger partial charge in [-0.25, -0.2) is 0 Å². The first kappa shape index (κ1) is 16.3. The van der Waals surface area contributed by atoms with E-state index in [1.165, 1.54) is 0 Å². The maximum Gasteiger partial charge on any atom is 0.309 e. The van der Waals surface area contributed by atoms with Crippen LogP contribution >= 0.6 is 0 Å². The number of carboxylic acid groups (broad SMARTS) is 1. The van der Waals surface area contributed by atoms with Crippen molar-refractivity contribution >= 4 is 11.9 Å². The Bertz CT molecular complexity index is 368. The van der Waals surface area contributed by atoms with Crippen LogP contribution in [-0.4, -0.2) is 47.7 Å². The third-order valence-corrected chi connectivity index (χ3v) is 4.96. The molecule has 0 aliphatic carbocycles. The van der Waals surface area contributed by atoms with Crippen LogP contribution in [0.1, 0.15) is 58.3 Å². The van der Waals surface area contributed by atoms with E-state index in [4.69, 9.17) is 4.74 Å². The van der Waals surface area contributed by atoms with E-state index in [1.807, 2.05) is 11.8 Å². The standard InChI is InChI=1S/C16H27NO4/c1-2-7-16(15(19)20)8-10-17(11-9-16)14(18)6-5-13-4-3-12-21-13/h13H,2-12H2,1H3,(H,19,20). The van der Waals surface area contributed by atoms with Gasteiger partial charge >= 0.3 is 5.97 Å². The van der Waals surface area contributed by atoms with Crippen molar-refractivity contribution in [2.75, 3.05) is 19.7 Å². The second kappa shape index (κ2) is 7.25. The number of nitrogens with zero attached hydrogens (tertiary/aromatic N) is 1. The summed E-state index contributed by atoms with van der Waals surface area (Å²) in [5, 5.41) is 9.47. The number of piperidine rings is 1. The summed E-state index contributed by atoms with van der Waals surface area (Å²) in [6.45, 7) is 4.00. The summed E-state index contributed by atoms with van der Waals surface area (Å²) in [6.07, 6.45) is 6.49. The molecule has 1 N–H and O–H groups in total. The van der Waals surface area contributed by atoms with Crippen molar-refractivity contribution < 1.29 is 19.4 Å². The molecule has 1 amide bonds. The zero-order valence-electron chi connectivity index (χ0n) is 13.0. The molecule has 5 nitrogen and oxygen atoms in total. The summed E-state index contributed by atoms with van der Waals surface area (Å²) in [5.41, 5.74) is -0.611. The summed E-state index contributed by atoms with van der Waals surface area (Å²) in [6, 6.07) is 0. The van der Waals surface area contributed by atoms with E-state index in [0.717, 1.165) is 32.3 Å². The molecule has 2 aliphatic rings. The molecule has 2 heterocycles. The fraction of sp³-hybridized carbons (Fsp3) is 0.875. The molecule has 0 aromatic carbocycles. The minimum absolute atomic E-state index is 0.154. The van der Waals surface area contributed by atoms with Crippen molar-refractivity contribution in [3.8, 4) is 0 Å². The Morgan fingerprint density at radius 2 is 2.05 bits per heavy atom. The normalized spacial score (nSPS) is 25.0. The van der Waals surface area contributed by atoms with Gasteiger partial charge in [0, 0.05) is 26.1 Å². The summed E-state index contributed by atoms with van der Waals surface area (Å²) in [4.78, 5) is 25.6. The molecule has 0 bridgehead atoms. The van der Waals surface area contributed by atoms with Crippen molar-refractivity contribution in [1.82, 2.24) is 4.90 Å². The van der Waals surface area contributed by atoms with Crippen LogP contribution in [0, 0.1) is 5.41 Å². The number of rotatable bonds is 6. The predicted molar refractivity (Wildman–Crippen MR) is 79.0 cm³/mol. The molecular formula is C16H27NO4. The second-order valence-electron chi connectivity index (χ2n) is 6.39. The van der Waals surface area contributed by atoms with Crippen LogP contribution < -0.4 is 0 Å². The Morgan fingerprint density at radius 3 is 2.57 bits per heavy atom. The lowest BCUT2D eigenvalue weighted by molar-refractivity contribution is -0.155. The molecule has 2 aliphatic heterocycles. The fourth-order valence-corrected chi connectivity index (χ4v) is 3.55. The van der Waals surface area contributed by atoms with Gasteiger partial charge in [-0.2, -0.15) is 0 Å². The lowest BCUT2D eigenvalue weighted by Crippen LogP contribution is -2.46. The Morgan fingerprint density at radius 1 is 1.33 bits per heavy atom. The third kappa shape index (κ3) is 3.96. The Hall–Kier alpha value is -1.10. The van der Waals surface area contributed by atoms with Crippen molar-refractivity contribution in [2.45, 2.75) is 64.4 Å². The van der Waals surface area contributed by atoms with E-state index < -0.39 is 11.4 Å². The number of carbonyl (C=O) groups is 2. The molecule has 0 aromatic rings. The van der Waals surface area contributed by atoms with Gasteiger partial charge in [0.05, 0.1) is 11.5 Å². The highest BCUT2D eigenvalue weighted by molar-refractivity contribution is 5.78. The van der Waals surface area contributed by atoms with E-state index in [1.54, 1.807) is 0 Å². The number of hydrogen-bond acceptors (Lipinski definition) is 3. The SMILES string of the molecule is CCCC1(C(=O)O)CCN(C(=O)CCC2CCCO2)CC1. The first-order valence-corrected chi connectivity index (χ1v) is 8.20. The minimum atomic E-state index is -0.698. The monoisotopic (exact) mass is 297 g/mol. The van der Waals surface area contributed by atoms with Crippen LogP contribution in [0.15, 0.2) is 0 Å². The van der Waals surface area contributed by atoms with Crippen molar-refractivity contribution in [3.05, 3.63) is 0 Å². The molecule has 2 fully saturated rings.